The molecule has 2 fully saturated rings. The number of carbonyl (C=O) groups is 1. The summed E-state index contributed by atoms with van der Waals surface area (Å²) in [5.41, 5.74) is 2.94. The highest BCUT2D eigenvalue weighted by molar-refractivity contribution is 5.95. The van der Waals surface area contributed by atoms with Gasteiger partial charge in [-0.05, 0) is 54.3 Å². The zero-order chi connectivity index (χ0) is 16.5. The molecule has 0 unspecified atom stereocenters. The molecule has 2 aromatic rings. The van der Waals surface area contributed by atoms with Crippen molar-refractivity contribution in [2.45, 2.75) is 12.5 Å². The van der Waals surface area contributed by atoms with E-state index >= 15 is 0 Å². The van der Waals surface area contributed by atoms with Crippen molar-refractivity contribution in [3.63, 3.8) is 0 Å². The number of rotatable bonds is 3. The lowest BCUT2D eigenvalue weighted by Gasteiger charge is -2.17. The highest BCUT2D eigenvalue weighted by atomic mass is 16.5. The predicted molar refractivity (Wildman–Crippen MR) is 94.2 cm³/mol. The standard InChI is InChI=1S/C20H22N2O2/c1-24-18-4-2-3-16(11-18)14-5-7-15(8-6-14)20(23)22-12-17-9-10-21-19(17)13-22/h2-8,11,17,19,21H,9-10,12-13H2,1H3/t17-,19+/m0/s1. The maximum Gasteiger partial charge on any atom is 0.253 e. The van der Waals surface area contributed by atoms with Gasteiger partial charge >= 0.3 is 0 Å². The first-order chi connectivity index (χ1) is 11.7. The highest BCUT2D eigenvalue weighted by Crippen LogP contribution is 2.27. The summed E-state index contributed by atoms with van der Waals surface area (Å²) >= 11 is 0. The fraction of sp³-hybridized carbons (Fsp3) is 0.350. The first kappa shape index (κ1) is 15.2. The molecule has 4 nitrogen and oxygen atoms in total. The van der Waals surface area contributed by atoms with E-state index in [1.165, 1.54) is 6.42 Å². The molecule has 0 aromatic heterocycles. The Morgan fingerprint density at radius 3 is 2.71 bits per heavy atom. The third-order valence-electron chi connectivity index (χ3n) is 5.18. The molecular formula is C20H22N2O2. The Hall–Kier alpha value is -2.33. The van der Waals surface area contributed by atoms with Crippen LogP contribution in [0.25, 0.3) is 11.1 Å². The first-order valence-corrected chi connectivity index (χ1v) is 8.52. The molecule has 2 aliphatic rings. The molecule has 4 rings (SSSR count). The molecule has 0 saturated carbocycles. The molecule has 4 heteroatoms. The molecule has 2 aromatic carbocycles. The summed E-state index contributed by atoms with van der Waals surface area (Å²) in [6.07, 6.45) is 1.18. The Labute approximate surface area is 142 Å². The predicted octanol–water partition coefficient (Wildman–Crippen LogP) is 2.80. The van der Waals surface area contributed by atoms with Gasteiger partial charge < -0.3 is 15.0 Å². The van der Waals surface area contributed by atoms with Gasteiger partial charge in [0.15, 0.2) is 0 Å². The second-order valence-electron chi connectivity index (χ2n) is 6.63. The van der Waals surface area contributed by atoms with Gasteiger partial charge in [-0.25, -0.2) is 0 Å². The minimum atomic E-state index is 0.142. The maximum atomic E-state index is 12.7. The van der Waals surface area contributed by atoms with Gasteiger partial charge in [-0.3, -0.25) is 4.79 Å². The molecule has 2 heterocycles. The number of hydrogen-bond donors (Lipinski definition) is 1. The van der Waals surface area contributed by atoms with Gasteiger partial charge in [0.1, 0.15) is 5.75 Å². The minimum Gasteiger partial charge on any atom is -0.497 e. The summed E-state index contributed by atoms with van der Waals surface area (Å²) in [6.45, 7) is 2.81. The number of nitrogens with zero attached hydrogens (tertiary/aromatic N) is 1. The van der Waals surface area contributed by atoms with E-state index in [1.807, 2.05) is 53.4 Å². The number of benzene rings is 2. The highest BCUT2D eigenvalue weighted by Gasteiger charge is 2.38. The number of nitrogens with one attached hydrogen (secondary N) is 1. The van der Waals surface area contributed by atoms with Crippen LogP contribution in [0.1, 0.15) is 16.8 Å². The summed E-state index contributed by atoms with van der Waals surface area (Å²) in [7, 11) is 1.67. The molecular weight excluding hydrogens is 300 g/mol. The van der Waals surface area contributed by atoms with Crippen LogP contribution in [-0.4, -0.2) is 43.6 Å². The lowest BCUT2D eigenvalue weighted by molar-refractivity contribution is 0.0782. The van der Waals surface area contributed by atoms with Gasteiger partial charge in [0.25, 0.3) is 5.91 Å². The molecule has 2 atom stereocenters. The Kier molecular flexibility index (Phi) is 3.98. The quantitative estimate of drug-likeness (QED) is 0.945. The van der Waals surface area contributed by atoms with E-state index in [9.17, 15) is 4.79 Å². The number of hydrogen-bond acceptors (Lipinski definition) is 3. The van der Waals surface area contributed by atoms with Crippen LogP contribution in [0.5, 0.6) is 5.75 Å². The van der Waals surface area contributed by atoms with E-state index in [1.54, 1.807) is 7.11 Å². The molecule has 0 spiro atoms. The minimum absolute atomic E-state index is 0.142. The number of likely N-dealkylation sites (tertiary alicyclic amines) is 1. The molecule has 0 bridgehead atoms. The Bertz CT molecular complexity index is 730. The van der Waals surface area contributed by atoms with Crippen LogP contribution in [0.4, 0.5) is 0 Å². The molecule has 0 radical (unpaired) electrons. The summed E-state index contributed by atoms with van der Waals surface area (Å²) in [5, 5.41) is 3.49. The summed E-state index contributed by atoms with van der Waals surface area (Å²) in [5.74, 6) is 1.61. The second-order valence-corrected chi connectivity index (χ2v) is 6.63. The fourth-order valence-corrected chi connectivity index (χ4v) is 3.81. The van der Waals surface area contributed by atoms with E-state index in [2.05, 4.69) is 5.32 Å². The van der Waals surface area contributed by atoms with Crippen LogP contribution in [0.15, 0.2) is 48.5 Å². The van der Waals surface area contributed by atoms with Gasteiger partial charge in [0, 0.05) is 24.7 Å². The fourth-order valence-electron chi connectivity index (χ4n) is 3.81. The average molecular weight is 322 g/mol. The van der Waals surface area contributed by atoms with E-state index < -0.39 is 0 Å². The largest absolute Gasteiger partial charge is 0.497 e. The van der Waals surface area contributed by atoms with Crippen LogP contribution in [0.3, 0.4) is 0 Å². The number of ether oxygens (including phenoxy) is 1. The van der Waals surface area contributed by atoms with Crippen molar-refractivity contribution in [1.82, 2.24) is 10.2 Å². The van der Waals surface area contributed by atoms with Gasteiger partial charge in [-0.15, -0.1) is 0 Å². The Morgan fingerprint density at radius 2 is 1.96 bits per heavy atom. The van der Waals surface area contributed by atoms with Crippen molar-refractivity contribution in [3.8, 4) is 16.9 Å². The molecule has 1 N–H and O–H groups in total. The molecule has 124 valence electrons. The van der Waals surface area contributed by atoms with Crippen LogP contribution >= 0.6 is 0 Å². The van der Waals surface area contributed by atoms with Crippen molar-refractivity contribution in [2.24, 2.45) is 5.92 Å². The first-order valence-electron chi connectivity index (χ1n) is 8.52. The van der Waals surface area contributed by atoms with Crippen LogP contribution in [0.2, 0.25) is 0 Å². The number of fused-ring (bicyclic) bond motifs is 1. The Morgan fingerprint density at radius 1 is 1.12 bits per heavy atom. The zero-order valence-electron chi connectivity index (χ0n) is 13.9. The topological polar surface area (TPSA) is 41.6 Å². The molecule has 1 amide bonds. The number of carbonyl (C=O) groups excluding carboxylic acids is 1. The van der Waals surface area contributed by atoms with Crippen molar-refractivity contribution in [1.29, 1.82) is 0 Å². The molecule has 0 aliphatic carbocycles. The van der Waals surface area contributed by atoms with Crippen molar-refractivity contribution in [3.05, 3.63) is 54.1 Å². The van der Waals surface area contributed by atoms with Crippen molar-refractivity contribution in [2.75, 3.05) is 26.7 Å². The normalized spacial score (nSPS) is 22.5. The van der Waals surface area contributed by atoms with Crippen LogP contribution in [-0.2, 0) is 0 Å². The zero-order valence-corrected chi connectivity index (χ0v) is 13.9. The van der Waals surface area contributed by atoms with Gasteiger partial charge in [0.05, 0.1) is 7.11 Å². The lowest BCUT2D eigenvalue weighted by atomic mass is 10.0. The van der Waals surface area contributed by atoms with Crippen LogP contribution in [0, 0.1) is 5.92 Å². The maximum absolute atomic E-state index is 12.7. The van der Waals surface area contributed by atoms with Crippen molar-refractivity contribution < 1.29 is 9.53 Å². The SMILES string of the molecule is COc1cccc(-c2ccc(C(=O)N3C[C@@H]4CCN[C@@H]4C3)cc2)c1. The van der Waals surface area contributed by atoms with Crippen LogP contribution < -0.4 is 10.1 Å². The smallest absolute Gasteiger partial charge is 0.253 e. The summed E-state index contributed by atoms with van der Waals surface area (Å²) in [4.78, 5) is 14.7. The van der Waals surface area contributed by atoms with Crippen molar-refractivity contribution >= 4 is 5.91 Å². The molecule has 2 aliphatic heterocycles. The van der Waals surface area contributed by atoms with E-state index in [0.717, 1.165) is 42.1 Å². The van der Waals surface area contributed by atoms with E-state index in [4.69, 9.17) is 4.74 Å². The third-order valence-corrected chi connectivity index (χ3v) is 5.18. The van der Waals surface area contributed by atoms with Gasteiger partial charge in [-0.2, -0.15) is 0 Å². The lowest BCUT2D eigenvalue weighted by Crippen LogP contribution is -2.33. The van der Waals surface area contributed by atoms with E-state index in [-0.39, 0.29) is 5.91 Å². The van der Waals surface area contributed by atoms with Gasteiger partial charge in [0.2, 0.25) is 0 Å². The molecule has 2 saturated heterocycles. The van der Waals surface area contributed by atoms with Gasteiger partial charge in [-0.1, -0.05) is 24.3 Å². The average Bonchev–Trinajstić information content (AvgIpc) is 3.23. The monoisotopic (exact) mass is 322 g/mol. The Balaban J connectivity index is 1.50. The number of methoxy groups -OCH3 is 1. The van der Waals surface area contributed by atoms with E-state index in [0.29, 0.717) is 12.0 Å². The number of amides is 1. The summed E-state index contributed by atoms with van der Waals surface area (Å²) < 4.78 is 5.28. The molecule has 24 heavy (non-hydrogen) atoms. The second kappa shape index (κ2) is 6.29. The third kappa shape index (κ3) is 2.78. The summed E-state index contributed by atoms with van der Waals surface area (Å²) in [6, 6.07) is 16.3.